The molecule has 4 rings (SSSR count). The molecular formula is C16H25NOS2. The summed E-state index contributed by atoms with van der Waals surface area (Å²) in [4.78, 5) is 14.9. The molecule has 1 amide bonds. The quantitative estimate of drug-likeness (QED) is 0.738. The Morgan fingerprint density at radius 3 is 2.15 bits per heavy atom. The average molecular weight is 312 g/mol. The van der Waals surface area contributed by atoms with Crippen LogP contribution in [0.25, 0.3) is 0 Å². The van der Waals surface area contributed by atoms with Gasteiger partial charge in [0.25, 0.3) is 0 Å². The van der Waals surface area contributed by atoms with Gasteiger partial charge in [-0.3, -0.25) is 4.79 Å². The van der Waals surface area contributed by atoms with Crippen molar-refractivity contribution in [3.05, 3.63) is 0 Å². The monoisotopic (exact) mass is 311 g/mol. The number of amides is 1. The van der Waals surface area contributed by atoms with Crippen LogP contribution in [0.4, 0.5) is 0 Å². The van der Waals surface area contributed by atoms with E-state index in [4.69, 9.17) is 0 Å². The van der Waals surface area contributed by atoms with Crippen LogP contribution in [0.1, 0.15) is 44.9 Å². The van der Waals surface area contributed by atoms with Crippen LogP contribution >= 0.6 is 23.5 Å². The molecule has 4 fully saturated rings. The van der Waals surface area contributed by atoms with Crippen LogP contribution in [-0.2, 0) is 4.79 Å². The van der Waals surface area contributed by atoms with Crippen LogP contribution in [0.15, 0.2) is 0 Å². The number of likely N-dealkylation sites (tertiary alicyclic amines) is 1. The van der Waals surface area contributed by atoms with E-state index in [2.05, 4.69) is 28.4 Å². The molecule has 2 nitrogen and oxygen atoms in total. The smallest absolute Gasteiger partial charge is 0.225 e. The van der Waals surface area contributed by atoms with Crippen LogP contribution in [-0.4, -0.2) is 39.5 Å². The van der Waals surface area contributed by atoms with E-state index in [-0.39, 0.29) is 0 Å². The highest BCUT2D eigenvalue weighted by Crippen LogP contribution is 2.64. The molecule has 0 aromatic rings. The molecule has 2 saturated carbocycles. The highest BCUT2D eigenvalue weighted by atomic mass is 32.2. The highest BCUT2D eigenvalue weighted by Gasteiger charge is 2.55. The summed E-state index contributed by atoms with van der Waals surface area (Å²) < 4.78 is 0.514. The van der Waals surface area contributed by atoms with E-state index in [1.54, 1.807) is 0 Å². The number of hydrogen-bond donors (Lipinski definition) is 0. The predicted octanol–water partition coefficient (Wildman–Crippen LogP) is 3.61. The van der Waals surface area contributed by atoms with Crippen LogP contribution in [0.2, 0.25) is 0 Å². The fourth-order valence-corrected chi connectivity index (χ4v) is 8.94. The van der Waals surface area contributed by atoms with E-state index in [1.165, 1.54) is 56.5 Å². The average Bonchev–Trinajstić information content (AvgIpc) is 3.09. The van der Waals surface area contributed by atoms with Crippen molar-refractivity contribution in [2.45, 2.75) is 49.0 Å². The van der Waals surface area contributed by atoms with Crippen LogP contribution < -0.4 is 0 Å². The third-order valence-corrected chi connectivity index (χ3v) is 9.90. The molecule has 2 heterocycles. The highest BCUT2D eigenvalue weighted by molar-refractivity contribution is 8.21. The number of hydrogen-bond acceptors (Lipinski definition) is 3. The molecule has 0 radical (unpaired) electrons. The molecule has 112 valence electrons. The van der Waals surface area contributed by atoms with E-state index in [0.29, 0.717) is 15.9 Å². The second-order valence-electron chi connectivity index (χ2n) is 6.94. The van der Waals surface area contributed by atoms with E-state index < -0.39 is 0 Å². The summed E-state index contributed by atoms with van der Waals surface area (Å²) in [5.74, 6) is 5.15. The first kappa shape index (κ1) is 13.8. The summed E-state index contributed by atoms with van der Waals surface area (Å²) >= 11 is 4.48. The van der Waals surface area contributed by atoms with Crippen molar-refractivity contribution in [1.29, 1.82) is 0 Å². The molecule has 0 aromatic heterocycles. The lowest BCUT2D eigenvalue weighted by Gasteiger charge is -2.52. The van der Waals surface area contributed by atoms with Gasteiger partial charge in [0.15, 0.2) is 0 Å². The fraction of sp³-hybridized carbons (Fsp3) is 0.938. The van der Waals surface area contributed by atoms with E-state index in [1.807, 2.05) is 0 Å². The third-order valence-electron chi connectivity index (χ3n) is 5.89. The normalized spacial score (nSPS) is 39.4. The Bertz CT molecular complexity index is 372. The minimum atomic E-state index is 0.357. The van der Waals surface area contributed by atoms with Gasteiger partial charge in [-0.15, -0.1) is 23.5 Å². The molecule has 2 saturated heterocycles. The topological polar surface area (TPSA) is 20.3 Å². The zero-order valence-corrected chi connectivity index (χ0v) is 13.8. The largest absolute Gasteiger partial charge is 0.342 e. The molecule has 2 aliphatic heterocycles. The Kier molecular flexibility index (Phi) is 3.74. The SMILES string of the molecule is O=C(C1CC2CCCC(C1)C21SCCS1)N1CCCC1. The molecule has 2 aliphatic carbocycles. The lowest BCUT2D eigenvalue weighted by molar-refractivity contribution is -0.137. The number of carbonyl (C=O) groups excluding carboxylic acids is 1. The second kappa shape index (κ2) is 5.42. The van der Waals surface area contributed by atoms with Crippen LogP contribution in [0, 0.1) is 17.8 Å². The zero-order valence-electron chi connectivity index (χ0n) is 12.2. The van der Waals surface area contributed by atoms with Gasteiger partial charge in [0.05, 0.1) is 4.08 Å². The van der Waals surface area contributed by atoms with Crippen LogP contribution in [0.5, 0.6) is 0 Å². The van der Waals surface area contributed by atoms with E-state index in [0.717, 1.165) is 24.9 Å². The minimum Gasteiger partial charge on any atom is -0.342 e. The Labute approximate surface area is 130 Å². The summed E-state index contributed by atoms with van der Waals surface area (Å²) in [5.41, 5.74) is 0. The summed E-state index contributed by atoms with van der Waals surface area (Å²) in [7, 11) is 0. The number of nitrogens with zero attached hydrogens (tertiary/aromatic N) is 1. The first-order chi connectivity index (χ1) is 9.79. The van der Waals surface area contributed by atoms with Crippen LogP contribution in [0.3, 0.4) is 0 Å². The Hall–Kier alpha value is 0.170. The number of rotatable bonds is 1. The molecule has 2 atom stereocenters. The van der Waals surface area contributed by atoms with Gasteiger partial charge in [0.1, 0.15) is 0 Å². The number of carbonyl (C=O) groups is 1. The Morgan fingerprint density at radius 2 is 1.55 bits per heavy atom. The molecule has 0 aromatic carbocycles. The first-order valence-corrected chi connectivity index (χ1v) is 10.3. The molecule has 1 spiro atoms. The Morgan fingerprint density at radius 1 is 0.950 bits per heavy atom. The molecule has 20 heavy (non-hydrogen) atoms. The maximum atomic E-state index is 12.7. The van der Waals surface area contributed by atoms with Crippen molar-refractivity contribution < 1.29 is 4.79 Å². The van der Waals surface area contributed by atoms with Gasteiger partial charge >= 0.3 is 0 Å². The molecule has 2 bridgehead atoms. The summed E-state index contributed by atoms with van der Waals surface area (Å²) in [6.45, 7) is 2.05. The lowest BCUT2D eigenvalue weighted by atomic mass is 9.66. The first-order valence-electron chi connectivity index (χ1n) is 8.36. The maximum Gasteiger partial charge on any atom is 0.225 e. The molecule has 4 heteroatoms. The van der Waals surface area contributed by atoms with Gasteiger partial charge in [-0.2, -0.15) is 0 Å². The second-order valence-corrected chi connectivity index (χ2v) is 9.95. The van der Waals surface area contributed by atoms with Gasteiger partial charge in [-0.25, -0.2) is 0 Å². The van der Waals surface area contributed by atoms with Crippen molar-refractivity contribution in [1.82, 2.24) is 4.90 Å². The number of thioether (sulfide) groups is 2. The minimum absolute atomic E-state index is 0.357. The van der Waals surface area contributed by atoms with Crippen molar-refractivity contribution in [3.63, 3.8) is 0 Å². The standard InChI is InChI=1S/C16H25NOS2/c18-15(17-6-1-2-7-17)12-10-13-4-3-5-14(11-12)16(13)19-8-9-20-16/h12-14H,1-11H2. The van der Waals surface area contributed by atoms with Crippen molar-refractivity contribution in [2.24, 2.45) is 17.8 Å². The van der Waals surface area contributed by atoms with E-state index in [9.17, 15) is 4.79 Å². The molecular weight excluding hydrogens is 286 g/mol. The van der Waals surface area contributed by atoms with E-state index >= 15 is 0 Å². The molecule has 0 N–H and O–H groups in total. The zero-order chi connectivity index (χ0) is 13.6. The van der Waals surface area contributed by atoms with Crippen molar-refractivity contribution in [2.75, 3.05) is 24.6 Å². The summed E-state index contributed by atoms with van der Waals surface area (Å²) in [6.07, 6.45) is 8.98. The van der Waals surface area contributed by atoms with Gasteiger partial charge in [0, 0.05) is 30.5 Å². The Balaban J connectivity index is 1.51. The maximum absolute atomic E-state index is 12.7. The lowest BCUT2D eigenvalue weighted by Crippen LogP contribution is -2.49. The predicted molar refractivity (Wildman–Crippen MR) is 87.0 cm³/mol. The molecule has 2 unspecified atom stereocenters. The fourth-order valence-electron chi connectivity index (χ4n) is 5.01. The summed E-state index contributed by atoms with van der Waals surface area (Å²) in [5, 5.41) is 0. The van der Waals surface area contributed by atoms with Gasteiger partial charge in [-0.1, -0.05) is 6.42 Å². The third kappa shape index (κ3) is 2.13. The van der Waals surface area contributed by atoms with Gasteiger partial charge in [0.2, 0.25) is 5.91 Å². The van der Waals surface area contributed by atoms with Gasteiger partial charge in [-0.05, 0) is 50.4 Å². The summed E-state index contributed by atoms with van der Waals surface area (Å²) in [6, 6.07) is 0. The van der Waals surface area contributed by atoms with Crippen molar-refractivity contribution >= 4 is 29.4 Å². The van der Waals surface area contributed by atoms with Gasteiger partial charge < -0.3 is 4.90 Å². The van der Waals surface area contributed by atoms with Crippen molar-refractivity contribution in [3.8, 4) is 0 Å². The molecule has 4 aliphatic rings.